The molecule has 1 saturated heterocycles. The number of hydrogen-bond donors (Lipinski definition) is 0. The van der Waals surface area contributed by atoms with Crippen LogP contribution in [0.15, 0.2) is 16.8 Å². The van der Waals surface area contributed by atoms with Crippen molar-refractivity contribution in [2.45, 2.75) is 58.4 Å². The van der Waals surface area contributed by atoms with Gasteiger partial charge in [0.05, 0.1) is 11.1 Å². The van der Waals surface area contributed by atoms with Gasteiger partial charge in [0, 0.05) is 25.7 Å². The Morgan fingerprint density at radius 2 is 2.31 bits per heavy atom. The third kappa shape index (κ3) is 3.04. The molecule has 0 aromatic carbocycles. The number of aryl methyl sites for hydroxylation is 1. The van der Waals surface area contributed by atoms with Crippen molar-refractivity contribution < 1.29 is 9.32 Å². The maximum Gasteiger partial charge on any atom is 0.244 e. The van der Waals surface area contributed by atoms with Crippen molar-refractivity contribution in [2.24, 2.45) is 11.8 Å². The fraction of sp³-hybridized carbons (Fsp3) is 0.684. The first-order valence-corrected chi connectivity index (χ1v) is 9.57. The summed E-state index contributed by atoms with van der Waals surface area (Å²) in [4.78, 5) is 19.5. The van der Waals surface area contributed by atoms with Crippen LogP contribution < -0.4 is 0 Å². The maximum absolute atomic E-state index is 12.8. The van der Waals surface area contributed by atoms with Crippen LogP contribution >= 0.6 is 0 Å². The molecule has 0 bridgehead atoms. The van der Waals surface area contributed by atoms with Crippen LogP contribution in [-0.4, -0.2) is 43.8 Å². The van der Waals surface area contributed by atoms with Crippen molar-refractivity contribution in [1.29, 1.82) is 0 Å². The molecule has 2 aromatic heterocycles. The zero-order valence-electron chi connectivity index (χ0n) is 15.8. The highest BCUT2D eigenvalue weighted by Gasteiger charge is 2.54. The van der Waals surface area contributed by atoms with Crippen molar-refractivity contribution in [3.63, 3.8) is 0 Å². The number of nitrogens with zero attached hydrogens (tertiary/aromatic N) is 5. The molecule has 1 aliphatic carbocycles. The topological polar surface area (TPSA) is 77.0 Å². The smallest absolute Gasteiger partial charge is 0.244 e. The largest absolute Gasteiger partial charge is 0.340 e. The lowest BCUT2D eigenvalue weighted by molar-refractivity contribution is -0.131. The third-order valence-corrected chi connectivity index (χ3v) is 5.79. The second kappa shape index (κ2) is 6.52. The van der Waals surface area contributed by atoms with Crippen molar-refractivity contribution in [3.05, 3.63) is 29.7 Å². The maximum atomic E-state index is 12.8. The highest BCUT2D eigenvalue weighted by molar-refractivity contribution is 5.76. The van der Waals surface area contributed by atoms with Gasteiger partial charge in [0.2, 0.25) is 11.8 Å². The number of carbonyl (C=O) groups excluding carboxylic acids is 1. The van der Waals surface area contributed by atoms with Gasteiger partial charge in [-0.25, -0.2) is 0 Å². The molecule has 7 heteroatoms. The van der Waals surface area contributed by atoms with Gasteiger partial charge < -0.3 is 9.42 Å². The van der Waals surface area contributed by atoms with E-state index >= 15 is 0 Å². The summed E-state index contributed by atoms with van der Waals surface area (Å²) in [5.74, 6) is 2.55. The Hall–Kier alpha value is -2.18. The summed E-state index contributed by atoms with van der Waals surface area (Å²) in [5, 5.41) is 8.65. The van der Waals surface area contributed by atoms with Gasteiger partial charge in [0.25, 0.3) is 0 Å². The SMILES string of the molecule is Cc1ccn(CC(=O)N2C[C@H]3CCC[C@@]3(c3noc(CC(C)C)n3)C2)n1. The van der Waals surface area contributed by atoms with Gasteiger partial charge in [-0.3, -0.25) is 9.48 Å². The first kappa shape index (κ1) is 17.2. The molecule has 4 rings (SSSR count). The van der Waals surface area contributed by atoms with Gasteiger partial charge in [0.1, 0.15) is 6.54 Å². The standard InChI is InChI=1S/C19H27N5O2/c1-13(2)9-16-20-18(22-26-16)19-7-4-5-15(19)10-23(12-19)17(25)11-24-8-6-14(3)21-24/h6,8,13,15H,4-5,7,9-12H2,1-3H3/t15-,19-/m1/s1. The molecule has 2 fully saturated rings. The average molecular weight is 357 g/mol. The van der Waals surface area contributed by atoms with Crippen LogP contribution in [0.4, 0.5) is 0 Å². The summed E-state index contributed by atoms with van der Waals surface area (Å²) >= 11 is 0. The van der Waals surface area contributed by atoms with E-state index in [1.54, 1.807) is 4.68 Å². The Labute approximate surface area is 153 Å². The fourth-order valence-electron chi connectivity index (χ4n) is 4.52. The lowest BCUT2D eigenvalue weighted by atomic mass is 9.80. The molecule has 2 atom stereocenters. The highest BCUT2D eigenvalue weighted by Crippen LogP contribution is 2.49. The Morgan fingerprint density at radius 1 is 1.46 bits per heavy atom. The summed E-state index contributed by atoms with van der Waals surface area (Å²) in [6.45, 7) is 7.99. The minimum absolute atomic E-state index is 0.118. The predicted octanol–water partition coefficient (Wildman–Crippen LogP) is 2.35. The van der Waals surface area contributed by atoms with E-state index in [4.69, 9.17) is 9.51 Å². The molecular formula is C19H27N5O2. The molecule has 3 heterocycles. The minimum Gasteiger partial charge on any atom is -0.340 e. The van der Waals surface area contributed by atoms with Gasteiger partial charge in [-0.1, -0.05) is 25.4 Å². The van der Waals surface area contributed by atoms with Crippen LogP contribution in [0.2, 0.25) is 0 Å². The summed E-state index contributed by atoms with van der Waals surface area (Å²) in [5.41, 5.74) is 0.797. The number of amides is 1. The van der Waals surface area contributed by atoms with E-state index in [9.17, 15) is 4.79 Å². The van der Waals surface area contributed by atoms with Crippen molar-refractivity contribution in [3.8, 4) is 0 Å². The van der Waals surface area contributed by atoms with Crippen LogP contribution in [-0.2, 0) is 23.2 Å². The number of aromatic nitrogens is 4. The molecule has 0 N–H and O–H groups in total. The lowest BCUT2D eigenvalue weighted by Gasteiger charge is -2.24. The van der Waals surface area contributed by atoms with Crippen LogP contribution in [0.25, 0.3) is 0 Å². The molecule has 0 spiro atoms. The normalized spacial score (nSPS) is 25.2. The summed E-state index contributed by atoms with van der Waals surface area (Å²) in [6.07, 6.45) is 5.98. The molecule has 2 aliphatic rings. The summed E-state index contributed by atoms with van der Waals surface area (Å²) in [6, 6.07) is 1.92. The number of rotatable bonds is 5. The highest BCUT2D eigenvalue weighted by atomic mass is 16.5. The van der Waals surface area contributed by atoms with E-state index in [2.05, 4.69) is 24.1 Å². The Kier molecular flexibility index (Phi) is 4.32. The van der Waals surface area contributed by atoms with Crippen molar-refractivity contribution >= 4 is 5.91 Å². The van der Waals surface area contributed by atoms with Crippen LogP contribution in [0.5, 0.6) is 0 Å². The van der Waals surface area contributed by atoms with E-state index in [1.165, 1.54) is 6.42 Å². The molecule has 140 valence electrons. The number of carbonyl (C=O) groups is 1. The Morgan fingerprint density at radius 3 is 3.04 bits per heavy atom. The second-order valence-electron chi connectivity index (χ2n) is 8.28. The Balaban J connectivity index is 1.51. The molecule has 1 aliphatic heterocycles. The molecule has 1 amide bonds. The van der Waals surface area contributed by atoms with Crippen molar-refractivity contribution in [1.82, 2.24) is 24.8 Å². The molecule has 2 aromatic rings. The zero-order valence-corrected chi connectivity index (χ0v) is 15.8. The monoisotopic (exact) mass is 357 g/mol. The molecular weight excluding hydrogens is 330 g/mol. The van der Waals surface area contributed by atoms with Gasteiger partial charge in [-0.2, -0.15) is 10.1 Å². The first-order valence-electron chi connectivity index (χ1n) is 9.57. The van der Waals surface area contributed by atoms with E-state index < -0.39 is 0 Å². The van der Waals surface area contributed by atoms with Crippen LogP contribution in [0, 0.1) is 18.8 Å². The number of hydrogen-bond acceptors (Lipinski definition) is 5. The van der Waals surface area contributed by atoms with Crippen LogP contribution in [0.3, 0.4) is 0 Å². The first-order chi connectivity index (χ1) is 12.5. The van der Waals surface area contributed by atoms with E-state index in [0.717, 1.165) is 37.3 Å². The Bertz CT molecular complexity index is 795. The number of likely N-dealkylation sites (tertiary alicyclic amines) is 1. The minimum atomic E-state index is -0.131. The summed E-state index contributed by atoms with van der Waals surface area (Å²) in [7, 11) is 0. The predicted molar refractivity (Wildman–Crippen MR) is 95.4 cm³/mol. The average Bonchev–Trinajstić information content (AvgIpc) is 3.29. The van der Waals surface area contributed by atoms with Gasteiger partial charge >= 0.3 is 0 Å². The molecule has 26 heavy (non-hydrogen) atoms. The molecule has 7 nitrogen and oxygen atoms in total. The molecule has 0 radical (unpaired) electrons. The third-order valence-electron chi connectivity index (χ3n) is 5.79. The lowest BCUT2D eigenvalue weighted by Crippen LogP contribution is -2.37. The van der Waals surface area contributed by atoms with Gasteiger partial charge in [-0.15, -0.1) is 0 Å². The second-order valence-corrected chi connectivity index (χ2v) is 8.28. The van der Waals surface area contributed by atoms with Crippen molar-refractivity contribution in [2.75, 3.05) is 13.1 Å². The number of fused-ring (bicyclic) bond motifs is 1. The summed E-state index contributed by atoms with van der Waals surface area (Å²) < 4.78 is 7.22. The van der Waals surface area contributed by atoms with Gasteiger partial charge in [0.15, 0.2) is 5.82 Å². The van der Waals surface area contributed by atoms with E-state index in [1.807, 2.05) is 24.1 Å². The molecule has 1 saturated carbocycles. The zero-order chi connectivity index (χ0) is 18.3. The quantitative estimate of drug-likeness (QED) is 0.821. The van der Waals surface area contributed by atoms with Gasteiger partial charge in [-0.05, 0) is 37.7 Å². The fourth-order valence-corrected chi connectivity index (χ4v) is 4.52. The molecule has 0 unspecified atom stereocenters. The van der Waals surface area contributed by atoms with E-state index in [-0.39, 0.29) is 11.3 Å². The van der Waals surface area contributed by atoms with Crippen LogP contribution in [0.1, 0.15) is 50.5 Å². The van der Waals surface area contributed by atoms with E-state index in [0.29, 0.717) is 30.8 Å².